The molecule has 4 N–H and O–H groups in total. The number of rotatable bonds is 6. The summed E-state index contributed by atoms with van der Waals surface area (Å²) < 4.78 is 0. The van der Waals surface area contributed by atoms with Crippen molar-refractivity contribution in [2.45, 2.75) is 38.5 Å². The zero-order valence-electron chi connectivity index (χ0n) is 11.1. The maximum Gasteiger partial charge on any atom is 0.314 e. The number of carbonyl (C=O) groups excluding carboxylic acids is 1. The van der Waals surface area contributed by atoms with Crippen molar-refractivity contribution in [3.63, 3.8) is 0 Å². The third kappa shape index (κ3) is 3.18. The van der Waals surface area contributed by atoms with Crippen molar-refractivity contribution >= 4 is 12.0 Å². The van der Waals surface area contributed by atoms with Crippen LogP contribution in [0.2, 0.25) is 0 Å². The van der Waals surface area contributed by atoms with Gasteiger partial charge in [-0.15, -0.1) is 0 Å². The molecule has 0 saturated heterocycles. The van der Waals surface area contributed by atoms with Crippen molar-refractivity contribution in [3.8, 4) is 0 Å². The molecule has 0 aromatic carbocycles. The van der Waals surface area contributed by atoms with Crippen LogP contribution in [0.5, 0.6) is 0 Å². The van der Waals surface area contributed by atoms with Crippen LogP contribution in [0.25, 0.3) is 0 Å². The number of hydrogen-bond acceptors (Lipinski definition) is 3. The molecule has 0 radical (unpaired) electrons. The molecule has 0 aromatic heterocycles. The Hall–Kier alpha value is -1.30. The van der Waals surface area contributed by atoms with Crippen molar-refractivity contribution in [2.24, 2.45) is 10.8 Å². The minimum Gasteiger partial charge on any atom is -0.481 e. The van der Waals surface area contributed by atoms with Gasteiger partial charge in [0, 0.05) is 18.5 Å². The molecule has 0 aromatic rings. The van der Waals surface area contributed by atoms with Gasteiger partial charge in [-0.1, -0.05) is 6.42 Å². The Morgan fingerprint density at radius 2 is 1.84 bits per heavy atom. The van der Waals surface area contributed by atoms with Crippen LogP contribution in [-0.4, -0.2) is 41.9 Å². The van der Waals surface area contributed by atoms with Gasteiger partial charge in [0.2, 0.25) is 0 Å². The van der Waals surface area contributed by atoms with E-state index in [1.165, 1.54) is 19.3 Å². The maximum atomic E-state index is 11.5. The fourth-order valence-corrected chi connectivity index (χ4v) is 3.48. The number of hydrogen-bond donors (Lipinski definition) is 4. The first-order chi connectivity index (χ1) is 8.99. The lowest BCUT2D eigenvalue weighted by Gasteiger charge is -2.60. The average molecular weight is 270 g/mol. The predicted octanol–water partition coefficient (Wildman–Crippen LogP) is 0.703. The molecule has 6 heteroatoms. The minimum absolute atomic E-state index is 0.0817. The zero-order valence-corrected chi connectivity index (χ0v) is 11.1. The molecule has 1 spiro atoms. The summed E-state index contributed by atoms with van der Waals surface area (Å²) in [6, 6.07) is -0.358. The van der Waals surface area contributed by atoms with Gasteiger partial charge in [-0.3, -0.25) is 4.79 Å². The fourth-order valence-electron chi connectivity index (χ4n) is 3.48. The largest absolute Gasteiger partial charge is 0.481 e. The van der Waals surface area contributed by atoms with E-state index in [-0.39, 0.29) is 31.0 Å². The number of nitrogens with one attached hydrogen (secondary N) is 2. The zero-order chi connectivity index (χ0) is 13.9. The minimum atomic E-state index is -0.932. The molecule has 0 heterocycles. The third-order valence-corrected chi connectivity index (χ3v) is 4.50. The van der Waals surface area contributed by atoms with Crippen LogP contribution in [-0.2, 0) is 4.79 Å². The van der Waals surface area contributed by atoms with Crippen LogP contribution in [0.1, 0.15) is 38.5 Å². The normalized spacial score (nSPS) is 22.2. The van der Waals surface area contributed by atoms with Crippen molar-refractivity contribution in [3.05, 3.63) is 0 Å². The number of carbonyl (C=O) groups is 2. The van der Waals surface area contributed by atoms with Crippen LogP contribution >= 0.6 is 0 Å². The lowest BCUT2D eigenvalue weighted by molar-refractivity contribution is -0.136. The molecule has 2 fully saturated rings. The van der Waals surface area contributed by atoms with E-state index in [2.05, 4.69) is 10.6 Å². The van der Waals surface area contributed by atoms with Crippen LogP contribution < -0.4 is 10.6 Å². The molecule has 6 nitrogen and oxygen atoms in total. The first-order valence-electron chi connectivity index (χ1n) is 6.84. The quantitative estimate of drug-likeness (QED) is 0.571. The molecule has 19 heavy (non-hydrogen) atoms. The van der Waals surface area contributed by atoms with E-state index in [0.29, 0.717) is 12.0 Å². The second-order valence-electron chi connectivity index (χ2n) is 6.12. The van der Waals surface area contributed by atoms with Crippen molar-refractivity contribution in [1.82, 2.24) is 10.6 Å². The molecule has 2 amide bonds. The summed E-state index contributed by atoms with van der Waals surface area (Å²) in [5.41, 5.74) is 0.286. The molecule has 108 valence electrons. The van der Waals surface area contributed by atoms with Gasteiger partial charge >= 0.3 is 12.0 Å². The molecule has 2 aliphatic rings. The Labute approximate surface area is 112 Å². The van der Waals surface area contributed by atoms with Crippen LogP contribution in [0.15, 0.2) is 0 Å². The highest BCUT2D eigenvalue weighted by atomic mass is 16.4. The lowest BCUT2D eigenvalue weighted by Crippen LogP contribution is -2.57. The Balaban J connectivity index is 1.66. The SMILES string of the molecule is O=C(O)CCNC(=O)NCC1(CO)CC2(CCC2)C1. The van der Waals surface area contributed by atoms with Crippen LogP contribution in [0.3, 0.4) is 0 Å². The van der Waals surface area contributed by atoms with E-state index >= 15 is 0 Å². The number of urea groups is 1. The summed E-state index contributed by atoms with van der Waals surface area (Å²) in [5, 5.41) is 23.2. The molecule has 2 rings (SSSR count). The molecule has 2 aliphatic carbocycles. The van der Waals surface area contributed by atoms with Gasteiger partial charge in [-0.25, -0.2) is 4.79 Å². The highest BCUT2D eigenvalue weighted by molar-refractivity contribution is 5.75. The second-order valence-corrected chi connectivity index (χ2v) is 6.12. The fraction of sp³-hybridized carbons (Fsp3) is 0.846. The highest BCUT2D eigenvalue weighted by Gasteiger charge is 2.56. The number of carboxylic acids is 1. The summed E-state index contributed by atoms with van der Waals surface area (Å²) in [7, 11) is 0. The standard InChI is InChI=1S/C13H22N2O4/c16-9-13(6-12(7-13)3-1-4-12)8-15-11(19)14-5-2-10(17)18/h16H,1-9H2,(H,17,18)(H2,14,15,19). The van der Waals surface area contributed by atoms with Gasteiger partial charge < -0.3 is 20.8 Å². The molecule has 0 atom stereocenters. The predicted molar refractivity (Wildman–Crippen MR) is 68.7 cm³/mol. The van der Waals surface area contributed by atoms with Gasteiger partial charge in [0.05, 0.1) is 13.0 Å². The average Bonchev–Trinajstić information content (AvgIpc) is 2.25. The van der Waals surface area contributed by atoms with E-state index < -0.39 is 5.97 Å². The first-order valence-corrected chi connectivity index (χ1v) is 6.84. The van der Waals surface area contributed by atoms with E-state index in [1.54, 1.807) is 0 Å². The topological polar surface area (TPSA) is 98.7 Å². The van der Waals surface area contributed by atoms with Crippen molar-refractivity contribution < 1.29 is 19.8 Å². The summed E-state index contributed by atoms with van der Waals surface area (Å²) in [6.45, 7) is 0.686. The molecule has 2 saturated carbocycles. The Morgan fingerprint density at radius 3 is 2.32 bits per heavy atom. The van der Waals surface area contributed by atoms with E-state index in [9.17, 15) is 14.7 Å². The van der Waals surface area contributed by atoms with Gasteiger partial charge in [0.15, 0.2) is 0 Å². The van der Waals surface area contributed by atoms with Gasteiger partial charge in [-0.2, -0.15) is 0 Å². The van der Waals surface area contributed by atoms with E-state index in [1.807, 2.05) is 0 Å². The van der Waals surface area contributed by atoms with Gasteiger partial charge in [-0.05, 0) is 31.1 Å². The molecule has 0 bridgehead atoms. The maximum absolute atomic E-state index is 11.5. The second kappa shape index (κ2) is 5.36. The third-order valence-electron chi connectivity index (χ3n) is 4.50. The molecule has 0 aliphatic heterocycles. The summed E-state index contributed by atoms with van der Waals surface area (Å²) in [5.74, 6) is -0.932. The van der Waals surface area contributed by atoms with Crippen molar-refractivity contribution in [2.75, 3.05) is 19.7 Å². The summed E-state index contributed by atoms with van der Waals surface area (Å²) >= 11 is 0. The number of amides is 2. The Morgan fingerprint density at radius 1 is 1.16 bits per heavy atom. The number of aliphatic carboxylic acids is 1. The highest BCUT2D eigenvalue weighted by Crippen LogP contribution is 2.63. The Bertz CT molecular complexity index is 358. The Kier molecular flexibility index (Phi) is 3.99. The monoisotopic (exact) mass is 270 g/mol. The van der Waals surface area contributed by atoms with E-state index in [4.69, 9.17) is 5.11 Å². The molecular formula is C13H22N2O4. The molecular weight excluding hydrogens is 248 g/mol. The smallest absolute Gasteiger partial charge is 0.314 e. The van der Waals surface area contributed by atoms with Gasteiger partial charge in [0.25, 0.3) is 0 Å². The number of aliphatic hydroxyl groups is 1. The van der Waals surface area contributed by atoms with E-state index in [0.717, 1.165) is 12.8 Å². The van der Waals surface area contributed by atoms with Crippen LogP contribution in [0, 0.1) is 10.8 Å². The summed E-state index contributed by atoms with van der Waals surface area (Å²) in [4.78, 5) is 21.8. The number of carboxylic acid groups (broad SMARTS) is 1. The first kappa shape index (κ1) is 14.1. The summed E-state index contributed by atoms with van der Waals surface area (Å²) in [6.07, 6.45) is 5.68. The van der Waals surface area contributed by atoms with Crippen LogP contribution in [0.4, 0.5) is 4.79 Å². The number of aliphatic hydroxyl groups excluding tert-OH is 1. The van der Waals surface area contributed by atoms with Gasteiger partial charge in [0.1, 0.15) is 0 Å². The molecule has 0 unspecified atom stereocenters. The van der Waals surface area contributed by atoms with Crippen molar-refractivity contribution in [1.29, 1.82) is 0 Å². The lowest BCUT2D eigenvalue weighted by atomic mass is 9.45.